The van der Waals surface area contributed by atoms with E-state index >= 15 is 0 Å². The topological polar surface area (TPSA) is 30.0 Å². The van der Waals surface area contributed by atoms with Gasteiger partial charge in [-0.05, 0) is 35.9 Å². The maximum atomic E-state index is 12.4. The van der Waals surface area contributed by atoms with Crippen LogP contribution in [-0.2, 0) is 6.18 Å². The van der Waals surface area contributed by atoms with Crippen LogP contribution >= 0.6 is 11.6 Å². The van der Waals surface area contributed by atoms with E-state index in [4.69, 9.17) is 11.6 Å². The van der Waals surface area contributed by atoms with Gasteiger partial charge >= 0.3 is 6.18 Å². The summed E-state index contributed by atoms with van der Waals surface area (Å²) in [6.45, 7) is 0. The lowest BCUT2D eigenvalue weighted by molar-refractivity contribution is -0.137. The lowest BCUT2D eigenvalue weighted by Gasteiger charge is -2.07. The summed E-state index contributed by atoms with van der Waals surface area (Å²) >= 11 is 5.33. The Bertz CT molecular complexity index is 608. The summed E-state index contributed by atoms with van der Waals surface area (Å²) in [5.74, 6) is 0. The van der Waals surface area contributed by atoms with Crippen molar-refractivity contribution in [1.29, 1.82) is 0 Å². The molecule has 1 aromatic carbocycles. The highest BCUT2D eigenvalue weighted by atomic mass is 35.5. The molecule has 0 saturated carbocycles. The number of rotatable bonds is 2. The summed E-state index contributed by atoms with van der Waals surface area (Å²) in [5.41, 5.74) is 0.375. The van der Waals surface area contributed by atoms with Crippen molar-refractivity contribution >= 4 is 16.8 Å². The van der Waals surface area contributed by atoms with Crippen LogP contribution in [0.1, 0.15) is 15.9 Å². The predicted molar refractivity (Wildman–Crippen MR) is 64.9 cm³/mol. The molecule has 2 rings (SSSR count). The number of nitrogens with zero attached hydrogens (tertiary/aromatic N) is 1. The molecule has 0 aliphatic rings. The van der Waals surface area contributed by atoms with Crippen LogP contribution in [0.25, 0.3) is 11.3 Å². The number of pyridine rings is 1. The van der Waals surface area contributed by atoms with Gasteiger partial charge in [0.1, 0.15) is 0 Å². The van der Waals surface area contributed by atoms with Crippen molar-refractivity contribution in [2.75, 3.05) is 0 Å². The van der Waals surface area contributed by atoms with Gasteiger partial charge in [0.25, 0.3) is 5.24 Å². The summed E-state index contributed by atoms with van der Waals surface area (Å²) in [6.07, 6.45) is -3.00. The molecule has 0 bridgehead atoms. The van der Waals surface area contributed by atoms with E-state index in [1.807, 2.05) is 0 Å². The third-order valence-electron chi connectivity index (χ3n) is 2.49. The van der Waals surface area contributed by atoms with Crippen molar-refractivity contribution in [2.24, 2.45) is 0 Å². The SMILES string of the molecule is O=C(Cl)c1ccnc(-c2ccc(C(F)(F)F)cc2)c1. The minimum absolute atomic E-state index is 0.242. The highest BCUT2D eigenvalue weighted by molar-refractivity contribution is 6.67. The molecule has 2 nitrogen and oxygen atoms in total. The first kappa shape index (κ1) is 13.5. The Balaban J connectivity index is 2.37. The van der Waals surface area contributed by atoms with Crippen molar-refractivity contribution < 1.29 is 18.0 Å². The van der Waals surface area contributed by atoms with Crippen LogP contribution in [0.15, 0.2) is 42.6 Å². The highest BCUT2D eigenvalue weighted by Gasteiger charge is 2.29. The average molecular weight is 286 g/mol. The molecule has 0 spiro atoms. The number of carbonyl (C=O) groups excluding carboxylic acids is 1. The van der Waals surface area contributed by atoms with Crippen LogP contribution in [0.5, 0.6) is 0 Å². The number of benzene rings is 1. The molecular formula is C13H7ClF3NO. The molecule has 1 aromatic heterocycles. The Morgan fingerprint density at radius 1 is 1.11 bits per heavy atom. The Labute approximate surface area is 111 Å². The fourth-order valence-electron chi connectivity index (χ4n) is 1.54. The quantitative estimate of drug-likeness (QED) is 0.776. The Kier molecular flexibility index (Phi) is 3.57. The van der Waals surface area contributed by atoms with Crippen molar-refractivity contribution in [3.8, 4) is 11.3 Å². The number of halogens is 4. The summed E-state index contributed by atoms with van der Waals surface area (Å²) < 4.78 is 37.2. The number of hydrogen-bond acceptors (Lipinski definition) is 2. The molecular weight excluding hydrogens is 279 g/mol. The number of alkyl halides is 3. The first-order valence-corrected chi connectivity index (χ1v) is 5.59. The van der Waals surface area contributed by atoms with Gasteiger partial charge in [0, 0.05) is 17.3 Å². The van der Waals surface area contributed by atoms with Gasteiger partial charge in [-0.3, -0.25) is 9.78 Å². The zero-order valence-corrected chi connectivity index (χ0v) is 10.2. The van der Waals surface area contributed by atoms with Crippen LogP contribution in [0.3, 0.4) is 0 Å². The summed E-state index contributed by atoms with van der Waals surface area (Å²) in [7, 11) is 0. The van der Waals surface area contributed by atoms with E-state index in [2.05, 4.69) is 4.98 Å². The van der Waals surface area contributed by atoms with Crippen LogP contribution in [0.2, 0.25) is 0 Å². The summed E-state index contributed by atoms with van der Waals surface area (Å²) in [6, 6.07) is 7.39. The predicted octanol–water partition coefficient (Wildman–Crippen LogP) is 4.15. The molecule has 6 heteroatoms. The fraction of sp³-hybridized carbons (Fsp3) is 0.0769. The first-order valence-electron chi connectivity index (χ1n) is 5.21. The van der Waals surface area contributed by atoms with Gasteiger partial charge in [-0.2, -0.15) is 13.2 Å². The first-order chi connectivity index (χ1) is 8.88. The van der Waals surface area contributed by atoms with Crippen LogP contribution < -0.4 is 0 Å². The second kappa shape index (κ2) is 5.01. The Morgan fingerprint density at radius 2 is 1.74 bits per heavy atom. The third kappa shape index (κ3) is 3.12. The molecule has 0 amide bonds. The van der Waals surface area contributed by atoms with Crippen molar-refractivity contribution in [3.05, 3.63) is 53.7 Å². The van der Waals surface area contributed by atoms with Gasteiger partial charge < -0.3 is 0 Å². The highest BCUT2D eigenvalue weighted by Crippen LogP contribution is 2.30. The Morgan fingerprint density at radius 3 is 2.26 bits per heavy atom. The fourth-order valence-corrected chi connectivity index (χ4v) is 1.66. The maximum Gasteiger partial charge on any atom is 0.416 e. The van der Waals surface area contributed by atoms with E-state index in [1.54, 1.807) is 0 Å². The van der Waals surface area contributed by atoms with Crippen molar-refractivity contribution in [1.82, 2.24) is 4.98 Å². The van der Waals surface area contributed by atoms with Crippen LogP contribution in [-0.4, -0.2) is 10.2 Å². The average Bonchev–Trinajstić information content (AvgIpc) is 2.38. The molecule has 0 unspecified atom stereocenters. The molecule has 1 heterocycles. The number of carbonyl (C=O) groups is 1. The standard InChI is InChI=1S/C13H7ClF3NO/c14-12(19)9-5-6-18-11(7-9)8-1-3-10(4-2-8)13(15,16)17/h1-7H. The van der Waals surface area contributed by atoms with Crippen LogP contribution in [0, 0.1) is 0 Å². The zero-order valence-electron chi connectivity index (χ0n) is 9.41. The second-order valence-electron chi connectivity index (χ2n) is 3.78. The van der Waals surface area contributed by atoms with E-state index in [0.29, 0.717) is 11.3 Å². The van der Waals surface area contributed by atoms with Crippen molar-refractivity contribution in [2.45, 2.75) is 6.18 Å². The van der Waals surface area contributed by atoms with Crippen molar-refractivity contribution in [3.63, 3.8) is 0 Å². The van der Waals surface area contributed by atoms with E-state index < -0.39 is 17.0 Å². The Hall–Kier alpha value is -1.88. The van der Waals surface area contributed by atoms with Gasteiger partial charge in [-0.15, -0.1) is 0 Å². The van der Waals surface area contributed by atoms with Gasteiger partial charge in [0.15, 0.2) is 0 Å². The maximum absolute atomic E-state index is 12.4. The number of aromatic nitrogens is 1. The molecule has 2 aromatic rings. The monoisotopic (exact) mass is 285 g/mol. The van der Waals surface area contributed by atoms with Gasteiger partial charge in [-0.25, -0.2) is 0 Å². The molecule has 0 saturated heterocycles. The smallest absolute Gasteiger partial charge is 0.276 e. The summed E-state index contributed by atoms with van der Waals surface area (Å²) in [5, 5.41) is -0.643. The normalized spacial score (nSPS) is 11.4. The molecule has 0 N–H and O–H groups in total. The third-order valence-corrected chi connectivity index (χ3v) is 2.71. The molecule has 19 heavy (non-hydrogen) atoms. The molecule has 0 aliphatic carbocycles. The van der Waals surface area contributed by atoms with E-state index in [9.17, 15) is 18.0 Å². The number of hydrogen-bond donors (Lipinski definition) is 0. The summed E-state index contributed by atoms with van der Waals surface area (Å²) in [4.78, 5) is 15.0. The van der Waals surface area contributed by atoms with Gasteiger partial charge in [0.2, 0.25) is 0 Å². The second-order valence-corrected chi connectivity index (χ2v) is 4.12. The van der Waals surface area contributed by atoms with Gasteiger partial charge in [-0.1, -0.05) is 12.1 Å². The lowest BCUT2D eigenvalue weighted by atomic mass is 10.1. The molecule has 0 fully saturated rings. The molecule has 98 valence electrons. The minimum atomic E-state index is -4.38. The molecule has 0 radical (unpaired) electrons. The van der Waals surface area contributed by atoms with E-state index in [0.717, 1.165) is 12.1 Å². The van der Waals surface area contributed by atoms with E-state index in [1.165, 1.54) is 30.5 Å². The minimum Gasteiger partial charge on any atom is -0.276 e. The van der Waals surface area contributed by atoms with E-state index in [-0.39, 0.29) is 5.56 Å². The van der Waals surface area contributed by atoms with Gasteiger partial charge in [0.05, 0.1) is 11.3 Å². The van der Waals surface area contributed by atoms with Crippen LogP contribution in [0.4, 0.5) is 13.2 Å². The largest absolute Gasteiger partial charge is 0.416 e. The zero-order chi connectivity index (χ0) is 14.0. The lowest BCUT2D eigenvalue weighted by Crippen LogP contribution is -2.04. The molecule has 0 atom stereocenters. The molecule has 0 aliphatic heterocycles.